The lowest BCUT2D eigenvalue weighted by Crippen LogP contribution is -2.36. The van der Waals surface area contributed by atoms with Crippen LogP contribution in [0.1, 0.15) is 56.5 Å². The van der Waals surface area contributed by atoms with E-state index in [0.29, 0.717) is 39.0 Å². The zero-order valence-corrected chi connectivity index (χ0v) is 26.2. The van der Waals surface area contributed by atoms with Gasteiger partial charge in [-0.15, -0.1) is 11.7 Å². The van der Waals surface area contributed by atoms with Crippen molar-refractivity contribution in [3.05, 3.63) is 56.0 Å². The normalized spacial score (nSPS) is 15.6. The molecule has 0 fully saturated rings. The van der Waals surface area contributed by atoms with Crippen LogP contribution in [0, 0.1) is 0 Å². The van der Waals surface area contributed by atoms with Gasteiger partial charge in [0.15, 0.2) is 0 Å². The van der Waals surface area contributed by atoms with Crippen LogP contribution in [0.3, 0.4) is 0 Å². The molecule has 0 aliphatic carbocycles. The van der Waals surface area contributed by atoms with Gasteiger partial charge in [0.25, 0.3) is 17.3 Å². The lowest BCUT2D eigenvalue weighted by Gasteiger charge is -2.23. The van der Waals surface area contributed by atoms with Gasteiger partial charge in [0, 0.05) is 25.5 Å². The molecule has 0 radical (unpaired) electrons. The minimum Gasteiger partial charge on any atom is -0.475 e. The number of nitrogens with one attached hydrogen (secondary N) is 1. The number of ether oxygens (including phenoxy) is 1. The molecule has 1 aliphatic rings. The van der Waals surface area contributed by atoms with E-state index < -0.39 is 11.4 Å². The maximum Gasteiger partial charge on any atom is 0.278 e. The summed E-state index contributed by atoms with van der Waals surface area (Å²) in [6, 6.07) is 3.14. The topological polar surface area (TPSA) is 99.9 Å². The summed E-state index contributed by atoms with van der Waals surface area (Å²) in [6.07, 6.45) is 4.58. The zero-order valence-electron chi connectivity index (χ0n) is 22.3. The number of nitrogens with zero attached hydrogens (tertiary/aromatic N) is 4. The van der Waals surface area contributed by atoms with Crippen molar-refractivity contribution in [1.29, 1.82) is 0 Å². The lowest BCUT2D eigenvalue weighted by molar-refractivity contribution is 0.0914. The van der Waals surface area contributed by atoms with Gasteiger partial charge in [-0.05, 0) is 25.0 Å². The molecule has 3 heterocycles. The molecule has 2 N–H and O–H groups in total. The van der Waals surface area contributed by atoms with E-state index in [-0.39, 0.29) is 47.9 Å². The number of pyridine rings is 2. The van der Waals surface area contributed by atoms with Crippen molar-refractivity contribution >= 4 is 69.6 Å². The summed E-state index contributed by atoms with van der Waals surface area (Å²) in [5.74, 6) is 0.278. The maximum atomic E-state index is 11.7. The fourth-order valence-corrected chi connectivity index (χ4v) is 4.05. The van der Waals surface area contributed by atoms with Crippen LogP contribution in [0.15, 0.2) is 29.5 Å². The Kier molecular flexibility index (Phi) is 16.5. The molecule has 0 aromatic carbocycles. The molecule has 1 amide bonds. The number of aliphatic imine (C=N–C) groups is 1. The van der Waals surface area contributed by atoms with E-state index in [1.54, 1.807) is 12.3 Å². The molecule has 0 saturated carbocycles. The molecular formula is C24H32Cl4F3N5O3S. The molecule has 226 valence electrons. The first-order valence-electron chi connectivity index (χ1n) is 12.2. The average Bonchev–Trinajstić information content (AvgIpc) is 3.40. The van der Waals surface area contributed by atoms with Gasteiger partial charge >= 0.3 is 0 Å². The van der Waals surface area contributed by atoms with E-state index >= 15 is 0 Å². The van der Waals surface area contributed by atoms with Gasteiger partial charge in [-0.25, -0.2) is 15.0 Å². The predicted octanol–water partition coefficient (Wildman–Crippen LogP) is 7.53. The van der Waals surface area contributed by atoms with E-state index in [1.807, 2.05) is 6.92 Å². The van der Waals surface area contributed by atoms with Gasteiger partial charge in [-0.3, -0.25) is 4.79 Å². The van der Waals surface area contributed by atoms with E-state index in [4.69, 9.17) is 56.2 Å². The number of carbonyl (C=O) groups excluding carboxylic acids is 1. The van der Waals surface area contributed by atoms with Crippen molar-refractivity contribution in [1.82, 2.24) is 19.6 Å². The Hall–Kier alpha value is -1.54. The number of aliphatic hydroxyl groups excluding tert-OH is 1. The summed E-state index contributed by atoms with van der Waals surface area (Å²) in [7, 11) is 0. The van der Waals surface area contributed by atoms with Crippen molar-refractivity contribution in [3.8, 4) is 0 Å². The third kappa shape index (κ3) is 12.1. The number of carbonyl (C=O) groups is 1. The molecule has 0 bridgehead atoms. The van der Waals surface area contributed by atoms with E-state index in [2.05, 4.69) is 27.2 Å². The standard InChI is InChI=1S/C10H12Cl2N2O2.C10H10Cl2N2O.C4H10F3NS/c1-2-7(5-15)14-10(16)6-3-8(11)9(12)13-4-6;1-2-7-5-15-10(14-7)6-3-8(11)9(12)13-4-6;1-3-8(4-2)9(5,6)7/h3-4,7,15H,2,5H2,1H3,(H,14,16);3-4,7H,2,5H2,1H3;3-4H2,1-2H3. The van der Waals surface area contributed by atoms with Crippen LogP contribution in [-0.2, 0) is 4.74 Å². The molecule has 1 aliphatic heterocycles. The van der Waals surface area contributed by atoms with Crippen molar-refractivity contribution in [3.63, 3.8) is 0 Å². The second-order valence-electron chi connectivity index (χ2n) is 8.06. The summed E-state index contributed by atoms with van der Waals surface area (Å²) in [5.41, 5.74) is 1.10. The Bertz CT molecular complexity index is 1120. The third-order valence-corrected chi connectivity index (χ3v) is 7.81. The van der Waals surface area contributed by atoms with Gasteiger partial charge < -0.3 is 15.2 Å². The largest absolute Gasteiger partial charge is 0.475 e. The highest BCUT2D eigenvalue weighted by atomic mass is 35.5. The molecule has 2 aromatic heterocycles. The molecule has 2 unspecified atom stereocenters. The van der Waals surface area contributed by atoms with Crippen molar-refractivity contribution in [2.75, 3.05) is 26.3 Å². The summed E-state index contributed by atoms with van der Waals surface area (Å²) in [6.45, 7) is 7.61. The number of halogens is 7. The number of hydrogen-bond donors (Lipinski definition) is 2. The Morgan fingerprint density at radius 2 is 1.65 bits per heavy atom. The van der Waals surface area contributed by atoms with E-state index in [1.165, 1.54) is 26.1 Å². The van der Waals surface area contributed by atoms with Crippen LogP contribution in [0.5, 0.6) is 0 Å². The first-order chi connectivity index (χ1) is 18.8. The Balaban J connectivity index is 0.000000313. The quantitative estimate of drug-likeness (QED) is 0.268. The van der Waals surface area contributed by atoms with E-state index in [9.17, 15) is 16.5 Å². The highest BCUT2D eigenvalue weighted by Gasteiger charge is 2.28. The fourth-order valence-electron chi connectivity index (χ4n) is 2.93. The number of amides is 1. The fraction of sp³-hybridized carbons (Fsp3) is 0.500. The molecule has 2 aromatic rings. The number of aromatic nitrogens is 2. The predicted molar refractivity (Wildman–Crippen MR) is 158 cm³/mol. The monoisotopic (exact) mass is 667 g/mol. The van der Waals surface area contributed by atoms with Gasteiger partial charge in [0.1, 0.15) is 16.9 Å². The first kappa shape index (κ1) is 36.5. The van der Waals surface area contributed by atoms with Gasteiger partial charge in [0.2, 0.25) is 5.90 Å². The second kappa shape index (κ2) is 18.1. The summed E-state index contributed by atoms with van der Waals surface area (Å²) in [5, 5.41) is 12.7. The van der Waals surface area contributed by atoms with Crippen LogP contribution in [-0.4, -0.2) is 69.6 Å². The van der Waals surface area contributed by atoms with Crippen LogP contribution < -0.4 is 5.32 Å². The minimum absolute atomic E-state index is 0.0648. The van der Waals surface area contributed by atoms with E-state index in [0.717, 1.165) is 12.0 Å². The summed E-state index contributed by atoms with van der Waals surface area (Å²) >= 11 is 18.0. The molecule has 2 atom stereocenters. The zero-order chi connectivity index (χ0) is 30.5. The molecule has 8 nitrogen and oxygen atoms in total. The van der Waals surface area contributed by atoms with Crippen LogP contribution in [0.4, 0.5) is 11.7 Å². The minimum atomic E-state index is -4.93. The Morgan fingerprint density at radius 1 is 1.07 bits per heavy atom. The Labute approximate surface area is 254 Å². The molecule has 16 heteroatoms. The van der Waals surface area contributed by atoms with Crippen molar-refractivity contribution in [2.24, 2.45) is 4.99 Å². The van der Waals surface area contributed by atoms with Crippen molar-refractivity contribution < 1.29 is 26.3 Å². The summed E-state index contributed by atoms with van der Waals surface area (Å²) in [4.78, 5) is 23.8. The van der Waals surface area contributed by atoms with Crippen LogP contribution in [0.25, 0.3) is 0 Å². The van der Waals surface area contributed by atoms with Crippen molar-refractivity contribution in [2.45, 2.75) is 52.6 Å². The Morgan fingerprint density at radius 3 is 2.05 bits per heavy atom. The lowest BCUT2D eigenvalue weighted by atomic mass is 10.2. The number of rotatable bonds is 9. The molecule has 0 saturated heterocycles. The number of aliphatic hydroxyl groups is 1. The first-order valence-corrected chi connectivity index (χ1v) is 15.0. The molecule has 3 rings (SSSR count). The van der Waals surface area contributed by atoms with Crippen LogP contribution in [0.2, 0.25) is 20.4 Å². The highest BCUT2D eigenvalue weighted by Crippen LogP contribution is 2.56. The van der Waals surface area contributed by atoms with Crippen LogP contribution >= 0.6 is 57.8 Å². The second-order valence-corrected chi connectivity index (χ2v) is 10.9. The third-order valence-electron chi connectivity index (χ3n) is 5.33. The number of hydrogen-bond acceptors (Lipinski definition) is 7. The summed E-state index contributed by atoms with van der Waals surface area (Å²) < 4.78 is 41.2. The van der Waals surface area contributed by atoms with Gasteiger partial charge in [-0.1, -0.05) is 74.1 Å². The van der Waals surface area contributed by atoms with Gasteiger partial charge in [-0.2, -0.15) is 4.31 Å². The molecular weight excluding hydrogens is 637 g/mol. The van der Waals surface area contributed by atoms with Gasteiger partial charge in [0.05, 0.1) is 39.9 Å². The smallest absolute Gasteiger partial charge is 0.278 e. The highest BCUT2D eigenvalue weighted by molar-refractivity contribution is 8.18. The average molecular weight is 669 g/mol. The molecule has 0 spiro atoms. The maximum absolute atomic E-state index is 11.7. The molecule has 40 heavy (non-hydrogen) atoms. The SMILES string of the molecule is CCC(CO)NC(=O)c1cnc(Cl)c(Cl)c1.CCC1COC(c2cnc(Cl)c(Cl)c2)=N1.CCN(CC)S(F)(F)F.